The lowest BCUT2D eigenvalue weighted by Gasteiger charge is -2.37. The average molecular weight is 328 g/mol. The van der Waals surface area contributed by atoms with Gasteiger partial charge in [-0.25, -0.2) is 14.2 Å². The van der Waals surface area contributed by atoms with Crippen LogP contribution < -0.4 is 10.2 Å². The molecule has 0 unspecified atom stereocenters. The van der Waals surface area contributed by atoms with E-state index in [1.807, 2.05) is 18.2 Å². The molecule has 0 bridgehead atoms. The molecule has 0 spiro atoms. The van der Waals surface area contributed by atoms with Gasteiger partial charge in [0, 0.05) is 32.4 Å². The lowest BCUT2D eigenvalue weighted by atomic mass is 10.0. The van der Waals surface area contributed by atoms with Gasteiger partial charge in [0.15, 0.2) is 0 Å². The third-order valence-corrected chi connectivity index (χ3v) is 4.42. The third kappa shape index (κ3) is 3.64. The summed E-state index contributed by atoms with van der Waals surface area (Å²) in [6.07, 6.45) is 3.50. The van der Waals surface area contributed by atoms with E-state index in [4.69, 9.17) is 0 Å². The number of hydrogen-bond acceptors (Lipinski definition) is 3. The Morgan fingerprint density at radius 3 is 2.58 bits per heavy atom. The lowest BCUT2D eigenvalue weighted by Crippen LogP contribution is -2.47. The van der Waals surface area contributed by atoms with Crippen LogP contribution in [0.2, 0.25) is 0 Å². The number of halogens is 1. The molecule has 0 atom stereocenters. The topological polar surface area (TPSA) is 48.5 Å². The summed E-state index contributed by atoms with van der Waals surface area (Å²) in [7, 11) is 1.76. The number of carbonyl (C=O) groups excluding carboxylic acids is 1. The molecule has 1 aliphatic heterocycles. The predicted octanol–water partition coefficient (Wildman–Crippen LogP) is 3.35. The monoisotopic (exact) mass is 328 g/mol. The highest BCUT2D eigenvalue weighted by Crippen LogP contribution is 2.21. The van der Waals surface area contributed by atoms with Crippen LogP contribution in [0, 0.1) is 5.82 Å². The van der Waals surface area contributed by atoms with Gasteiger partial charge in [0.1, 0.15) is 11.6 Å². The van der Waals surface area contributed by atoms with Gasteiger partial charge < -0.3 is 15.1 Å². The SMILES string of the molecule is CN(C(=O)Nc1ccccc1F)C1CCN(c2ccccn2)CC1. The number of amides is 2. The molecule has 0 saturated carbocycles. The van der Waals surface area contributed by atoms with Crippen LogP contribution in [-0.2, 0) is 0 Å². The first-order valence-corrected chi connectivity index (χ1v) is 8.09. The molecular formula is C18H21FN4O. The molecule has 6 heteroatoms. The van der Waals surface area contributed by atoms with E-state index in [9.17, 15) is 9.18 Å². The molecule has 1 aromatic heterocycles. The molecular weight excluding hydrogens is 307 g/mol. The first kappa shape index (κ1) is 16.2. The highest BCUT2D eigenvalue weighted by atomic mass is 19.1. The van der Waals surface area contributed by atoms with Crippen LogP contribution in [0.25, 0.3) is 0 Å². The number of para-hydroxylation sites is 1. The summed E-state index contributed by atoms with van der Waals surface area (Å²) in [5.41, 5.74) is 0.209. The molecule has 24 heavy (non-hydrogen) atoms. The highest BCUT2D eigenvalue weighted by Gasteiger charge is 2.26. The summed E-state index contributed by atoms with van der Waals surface area (Å²) in [5, 5.41) is 2.64. The van der Waals surface area contributed by atoms with Gasteiger partial charge in [-0.2, -0.15) is 0 Å². The second kappa shape index (κ2) is 7.29. The maximum absolute atomic E-state index is 13.6. The van der Waals surface area contributed by atoms with Gasteiger partial charge >= 0.3 is 6.03 Å². The van der Waals surface area contributed by atoms with Crippen molar-refractivity contribution in [3.8, 4) is 0 Å². The maximum Gasteiger partial charge on any atom is 0.321 e. The number of urea groups is 1. The average Bonchev–Trinajstić information content (AvgIpc) is 2.64. The number of rotatable bonds is 3. The van der Waals surface area contributed by atoms with Crippen LogP contribution in [0.15, 0.2) is 48.7 Å². The fraction of sp³-hybridized carbons (Fsp3) is 0.333. The third-order valence-electron chi connectivity index (χ3n) is 4.42. The Labute approximate surface area is 141 Å². The molecule has 0 radical (unpaired) electrons. The van der Waals surface area contributed by atoms with Crippen LogP contribution in [0.4, 0.5) is 20.7 Å². The molecule has 1 aliphatic rings. The van der Waals surface area contributed by atoms with E-state index in [1.54, 1.807) is 36.3 Å². The summed E-state index contributed by atoms with van der Waals surface area (Å²) < 4.78 is 13.6. The summed E-state index contributed by atoms with van der Waals surface area (Å²) in [4.78, 5) is 20.6. The normalized spacial score (nSPS) is 15.2. The molecule has 5 nitrogen and oxygen atoms in total. The van der Waals surface area contributed by atoms with Crippen molar-refractivity contribution in [1.29, 1.82) is 0 Å². The fourth-order valence-electron chi connectivity index (χ4n) is 2.95. The molecule has 1 aromatic carbocycles. The van der Waals surface area contributed by atoms with Gasteiger partial charge in [-0.1, -0.05) is 18.2 Å². The van der Waals surface area contributed by atoms with Gasteiger partial charge in [-0.3, -0.25) is 0 Å². The van der Waals surface area contributed by atoms with E-state index in [-0.39, 0.29) is 17.8 Å². The number of aromatic nitrogens is 1. The second-order valence-electron chi connectivity index (χ2n) is 5.93. The summed E-state index contributed by atoms with van der Waals surface area (Å²) >= 11 is 0. The molecule has 2 heterocycles. The van der Waals surface area contributed by atoms with E-state index >= 15 is 0 Å². The molecule has 2 amide bonds. The van der Waals surface area contributed by atoms with Crippen molar-refractivity contribution in [2.75, 3.05) is 30.4 Å². The van der Waals surface area contributed by atoms with E-state index in [0.29, 0.717) is 0 Å². The number of anilines is 2. The second-order valence-corrected chi connectivity index (χ2v) is 5.93. The van der Waals surface area contributed by atoms with E-state index in [0.717, 1.165) is 31.7 Å². The summed E-state index contributed by atoms with van der Waals surface area (Å²) in [5.74, 6) is 0.540. The smallest absolute Gasteiger partial charge is 0.321 e. The zero-order chi connectivity index (χ0) is 16.9. The number of piperidine rings is 1. The molecule has 1 fully saturated rings. The van der Waals surface area contributed by atoms with Gasteiger partial charge in [0.2, 0.25) is 0 Å². The van der Waals surface area contributed by atoms with E-state index in [2.05, 4.69) is 15.2 Å². The molecule has 1 saturated heterocycles. The molecule has 2 aromatic rings. The van der Waals surface area contributed by atoms with Crippen LogP contribution in [-0.4, -0.2) is 42.1 Å². The Balaban J connectivity index is 1.56. The minimum absolute atomic E-state index is 0.136. The minimum atomic E-state index is -0.427. The minimum Gasteiger partial charge on any atom is -0.356 e. The number of hydrogen-bond donors (Lipinski definition) is 1. The summed E-state index contributed by atoms with van der Waals surface area (Å²) in [6.45, 7) is 1.69. The van der Waals surface area contributed by atoms with Crippen molar-refractivity contribution < 1.29 is 9.18 Å². The Kier molecular flexibility index (Phi) is 4.93. The van der Waals surface area contributed by atoms with Gasteiger partial charge in [0.05, 0.1) is 5.69 Å². The fourth-order valence-corrected chi connectivity index (χ4v) is 2.95. The number of benzene rings is 1. The molecule has 3 rings (SSSR count). The maximum atomic E-state index is 13.6. The Hall–Kier alpha value is -2.63. The Morgan fingerprint density at radius 2 is 1.92 bits per heavy atom. The van der Waals surface area contributed by atoms with Crippen LogP contribution in [0.1, 0.15) is 12.8 Å². The van der Waals surface area contributed by atoms with Gasteiger partial charge in [-0.15, -0.1) is 0 Å². The van der Waals surface area contributed by atoms with E-state index in [1.165, 1.54) is 6.07 Å². The largest absolute Gasteiger partial charge is 0.356 e. The van der Waals surface area contributed by atoms with Gasteiger partial charge in [-0.05, 0) is 37.1 Å². The van der Waals surface area contributed by atoms with Crippen molar-refractivity contribution in [2.45, 2.75) is 18.9 Å². The first-order chi connectivity index (χ1) is 11.6. The van der Waals surface area contributed by atoms with Crippen molar-refractivity contribution in [1.82, 2.24) is 9.88 Å². The summed E-state index contributed by atoms with van der Waals surface area (Å²) in [6, 6.07) is 11.9. The molecule has 126 valence electrons. The Bertz CT molecular complexity index is 686. The number of nitrogens with one attached hydrogen (secondary N) is 1. The molecule has 0 aliphatic carbocycles. The van der Waals surface area contributed by atoms with Crippen molar-refractivity contribution in [3.05, 3.63) is 54.5 Å². The van der Waals surface area contributed by atoms with Crippen LogP contribution in [0.3, 0.4) is 0 Å². The van der Waals surface area contributed by atoms with Crippen molar-refractivity contribution in [2.24, 2.45) is 0 Å². The van der Waals surface area contributed by atoms with Crippen molar-refractivity contribution in [3.63, 3.8) is 0 Å². The molecule has 1 N–H and O–H groups in total. The standard InChI is InChI=1S/C18H21FN4O/c1-22(18(24)21-16-7-3-2-6-15(16)19)14-9-12-23(13-10-14)17-8-4-5-11-20-17/h2-8,11,14H,9-10,12-13H2,1H3,(H,21,24). The highest BCUT2D eigenvalue weighted by molar-refractivity contribution is 5.89. The number of nitrogens with zero attached hydrogens (tertiary/aromatic N) is 3. The number of carbonyl (C=O) groups is 1. The van der Waals surface area contributed by atoms with Gasteiger partial charge in [0.25, 0.3) is 0 Å². The zero-order valence-electron chi connectivity index (χ0n) is 13.7. The Morgan fingerprint density at radius 1 is 1.21 bits per heavy atom. The first-order valence-electron chi connectivity index (χ1n) is 8.09. The quantitative estimate of drug-likeness (QED) is 0.940. The zero-order valence-corrected chi connectivity index (χ0v) is 13.7. The van der Waals surface area contributed by atoms with E-state index < -0.39 is 5.82 Å². The number of pyridine rings is 1. The predicted molar refractivity (Wildman–Crippen MR) is 92.7 cm³/mol. The van der Waals surface area contributed by atoms with Crippen LogP contribution >= 0.6 is 0 Å². The lowest BCUT2D eigenvalue weighted by molar-refractivity contribution is 0.193. The van der Waals surface area contributed by atoms with Crippen molar-refractivity contribution >= 4 is 17.5 Å². The van der Waals surface area contributed by atoms with Crippen LogP contribution in [0.5, 0.6) is 0 Å².